The summed E-state index contributed by atoms with van der Waals surface area (Å²) in [6.07, 6.45) is 0.869. The molecular formula is C16H20O5. The fraction of sp³-hybridized carbons (Fsp3) is 0.375. The Balaban J connectivity index is 1.74. The molecule has 5 nitrogen and oxygen atoms in total. The number of ether oxygens (including phenoxy) is 3. The van der Waals surface area contributed by atoms with Gasteiger partial charge in [0.1, 0.15) is 25.1 Å². The van der Waals surface area contributed by atoms with Gasteiger partial charge in [0.05, 0.1) is 20.0 Å². The Morgan fingerprint density at radius 2 is 2.05 bits per heavy atom. The number of furan rings is 1. The Labute approximate surface area is 124 Å². The first-order chi connectivity index (χ1) is 10.2. The second-order valence-electron chi connectivity index (χ2n) is 4.71. The highest BCUT2D eigenvalue weighted by atomic mass is 16.5. The Morgan fingerprint density at radius 3 is 2.76 bits per heavy atom. The molecule has 1 aromatic carbocycles. The molecule has 0 aliphatic rings. The molecular weight excluding hydrogens is 272 g/mol. The predicted molar refractivity (Wildman–Crippen MR) is 77.6 cm³/mol. The van der Waals surface area contributed by atoms with E-state index < -0.39 is 6.10 Å². The minimum Gasteiger partial charge on any atom is -0.493 e. The number of aliphatic hydroxyl groups is 1. The summed E-state index contributed by atoms with van der Waals surface area (Å²) < 4.78 is 21.3. The largest absolute Gasteiger partial charge is 0.493 e. The molecule has 0 fully saturated rings. The molecule has 5 heteroatoms. The van der Waals surface area contributed by atoms with Gasteiger partial charge in [-0.3, -0.25) is 0 Å². The van der Waals surface area contributed by atoms with Gasteiger partial charge in [0.25, 0.3) is 0 Å². The summed E-state index contributed by atoms with van der Waals surface area (Å²) in [5, 5.41) is 9.84. The molecule has 1 heterocycles. The van der Waals surface area contributed by atoms with Crippen molar-refractivity contribution in [1.29, 1.82) is 0 Å². The van der Waals surface area contributed by atoms with Gasteiger partial charge >= 0.3 is 0 Å². The summed E-state index contributed by atoms with van der Waals surface area (Å²) >= 11 is 0. The van der Waals surface area contributed by atoms with Crippen molar-refractivity contribution < 1.29 is 23.7 Å². The number of hydrogen-bond acceptors (Lipinski definition) is 5. The average molecular weight is 292 g/mol. The van der Waals surface area contributed by atoms with Crippen LogP contribution in [0.2, 0.25) is 0 Å². The molecule has 1 N–H and O–H groups in total. The van der Waals surface area contributed by atoms with Gasteiger partial charge in [-0.1, -0.05) is 6.07 Å². The fourth-order valence-corrected chi connectivity index (χ4v) is 1.82. The van der Waals surface area contributed by atoms with E-state index in [9.17, 15) is 5.11 Å². The van der Waals surface area contributed by atoms with Gasteiger partial charge in [0.2, 0.25) is 0 Å². The van der Waals surface area contributed by atoms with Crippen LogP contribution in [0.5, 0.6) is 11.5 Å². The molecule has 0 spiro atoms. The van der Waals surface area contributed by atoms with Gasteiger partial charge in [-0.25, -0.2) is 0 Å². The zero-order valence-corrected chi connectivity index (χ0v) is 12.2. The summed E-state index contributed by atoms with van der Waals surface area (Å²) in [5.74, 6) is 1.98. The van der Waals surface area contributed by atoms with Crippen molar-refractivity contribution in [3.8, 4) is 11.5 Å². The molecule has 2 aromatic rings. The van der Waals surface area contributed by atoms with Gasteiger partial charge < -0.3 is 23.7 Å². The smallest absolute Gasteiger partial charge is 0.161 e. The van der Waals surface area contributed by atoms with E-state index in [4.69, 9.17) is 18.6 Å². The van der Waals surface area contributed by atoms with E-state index in [1.54, 1.807) is 19.4 Å². The Bertz CT molecular complexity index is 536. The van der Waals surface area contributed by atoms with E-state index >= 15 is 0 Å². The zero-order chi connectivity index (χ0) is 15.1. The second-order valence-corrected chi connectivity index (χ2v) is 4.71. The lowest BCUT2D eigenvalue weighted by molar-refractivity contribution is 0.000508. The van der Waals surface area contributed by atoms with Crippen LogP contribution in [0.3, 0.4) is 0 Å². The normalized spacial score (nSPS) is 12.1. The number of aliphatic hydroxyl groups excluding tert-OH is 1. The van der Waals surface area contributed by atoms with E-state index in [0.717, 1.165) is 11.3 Å². The topological polar surface area (TPSA) is 61.1 Å². The second kappa shape index (κ2) is 7.71. The Hall–Kier alpha value is -1.98. The zero-order valence-electron chi connectivity index (χ0n) is 12.2. The van der Waals surface area contributed by atoms with E-state index in [0.29, 0.717) is 18.1 Å². The maximum Gasteiger partial charge on any atom is 0.161 e. The summed E-state index contributed by atoms with van der Waals surface area (Å²) in [5.41, 5.74) is 1.08. The van der Waals surface area contributed by atoms with Crippen molar-refractivity contribution in [2.24, 2.45) is 0 Å². The molecule has 114 valence electrons. The highest BCUT2D eigenvalue weighted by Crippen LogP contribution is 2.27. The molecule has 1 atom stereocenters. The van der Waals surface area contributed by atoms with Gasteiger partial charge in [-0.15, -0.1) is 0 Å². The number of hydrogen-bond donors (Lipinski definition) is 1. The van der Waals surface area contributed by atoms with Crippen LogP contribution in [0.1, 0.15) is 11.3 Å². The number of aryl methyl sites for hydroxylation is 1. The molecule has 0 radical (unpaired) electrons. The molecule has 0 aliphatic carbocycles. The van der Waals surface area contributed by atoms with Crippen molar-refractivity contribution in [3.05, 3.63) is 47.9 Å². The number of methoxy groups -OCH3 is 1. The summed E-state index contributed by atoms with van der Waals surface area (Å²) in [6, 6.07) is 9.25. The van der Waals surface area contributed by atoms with Crippen molar-refractivity contribution in [3.63, 3.8) is 0 Å². The highest BCUT2D eigenvalue weighted by Gasteiger charge is 2.09. The SMILES string of the molecule is COc1cc(C)ccc1OCC(O)COCc1ccco1. The third kappa shape index (κ3) is 4.81. The maximum atomic E-state index is 9.84. The van der Waals surface area contributed by atoms with Crippen LogP contribution in [-0.2, 0) is 11.3 Å². The number of rotatable bonds is 8. The molecule has 21 heavy (non-hydrogen) atoms. The van der Waals surface area contributed by atoms with Crippen molar-refractivity contribution in [2.45, 2.75) is 19.6 Å². The molecule has 0 saturated carbocycles. The molecule has 0 amide bonds. The van der Waals surface area contributed by atoms with E-state index in [-0.39, 0.29) is 13.2 Å². The van der Waals surface area contributed by atoms with Crippen molar-refractivity contribution >= 4 is 0 Å². The van der Waals surface area contributed by atoms with Crippen LogP contribution in [0.25, 0.3) is 0 Å². The fourth-order valence-electron chi connectivity index (χ4n) is 1.82. The predicted octanol–water partition coefficient (Wildman–Crippen LogP) is 2.55. The Kier molecular flexibility index (Phi) is 5.66. The molecule has 1 aromatic heterocycles. The van der Waals surface area contributed by atoms with Gasteiger partial charge in [-0.2, -0.15) is 0 Å². The third-order valence-corrected chi connectivity index (χ3v) is 2.89. The van der Waals surface area contributed by atoms with Gasteiger partial charge in [0.15, 0.2) is 11.5 Å². The summed E-state index contributed by atoms with van der Waals surface area (Å²) in [6.45, 7) is 2.62. The average Bonchev–Trinajstić information content (AvgIpc) is 2.99. The molecule has 0 bridgehead atoms. The molecule has 2 rings (SSSR count). The van der Waals surface area contributed by atoms with Gasteiger partial charge in [0, 0.05) is 0 Å². The quantitative estimate of drug-likeness (QED) is 0.810. The molecule has 0 aliphatic heterocycles. The van der Waals surface area contributed by atoms with Gasteiger partial charge in [-0.05, 0) is 36.8 Å². The van der Waals surface area contributed by atoms with E-state index in [1.165, 1.54) is 0 Å². The Morgan fingerprint density at radius 1 is 1.19 bits per heavy atom. The minimum absolute atomic E-state index is 0.136. The molecule has 0 saturated heterocycles. The lowest BCUT2D eigenvalue weighted by Gasteiger charge is -2.14. The van der Waals surface area contributed by atoms with Crippen LogP contribution < -0.4 is 9.47 Å². The lowest BCUT2D eigenvalue weighted by Crippen LogP contribution is -2.23. The van der Waals surface area contributed by atoms with Crippen LogP contribution in [0, 0.1) is 6.92 Å². The minimum atomic E-state index is -0.717. The van der Waals surface area contributed by atoms with Crippen molar-refractivity contribution in [2.75, 3.05) is 20.3 Å². The first-order valence-electron chi connectivity index (χ1n) is 6.74. The summed E-state index contributed by atoms with van der Waals surface area (Å²) in [4.78, 5) is 0. The van der Waals surface area contributed by atoms with E-state index in [1.807, 2.05) is 31.2 Å². The van der Waals surface area contributed by atoms with Crippen LogP contribution in [0.15, 0.2) is 41.0 Å². The third-order valence-electron chi connectivity index (χ3n) is 2.89. The van der Waals surface area contributed by atoms with Crippen molar-refractivity contribution in [1.82, 2.24) is 0 Å². The molecule has 1 unspecified atom stereocenters. The van der Waals surface area contributed by atoms with Crippen LogP contribution in [-0.4, -0.2) is 31.5 Å². The highest BCUT2D eigenvalue weighted by molar-refractivity contribution is 5.42. The lowest BCUT2D eigenvalue weighted by atomic mass is 10.2. The summed E-state index contributed by atoms with van der Waals surface area (Å²) in [7, 11) is 1.59. The first-order valence-corrected chi connectivity index (χ1v) is 6.74. The van der Waals surface area contributed by atoms with Crippen LogP contribution in [0.4, 0.5) is 0 Å². The standard InChI is InChI=1S/C16H20O5/c1-12-5-6-15(16(8-12)18-2)21-10-13(17)9-19-11-14-4-3-7-20-14/h3-8,13,17H,9-11H2,1-2H3. The first kappa shape index (κ1) is 15.4. The van der Waals surface area contributed by atoms with E-state index in [2.05, 4.69) is 0 Å². The number of benzene rings is 1. The monoisotopic (exact) mass is 292 g/mol. The van der Waals surface area contributed by atoms with Crippen LogP contribution >= 0.6 is 0 Å². The maximum absolute atomic E-state index is 9.84.